The molecule has 1 fully saturated rings. The van der Waals surface area contributed by atoms with Crippen molar-refractivity contribution < 1.29 is 4.74 Å². The molecule has 0 radical (unpaired) electrons. The highest BCUT2D eigenvalue weighted by molar-refractivity contribution is 9.10. The van der Waals surface area contributed by atoms with Gasteiger partial charge in [-0.05, 0) is 71.8 Å². The van der Waals surface area contributed by atoms with Crippen molar-refractivity contribution in [2.24, 2.45) is 11.7 Å². The molecule has 3 N–H and O–H groups in total. The van der Waals surface area contributed by atoms with Gasteiger partial charge in [0.25, 0.3) is 0 Å². The van der Waals surface area contributed by atoms with Crippen LogP contribution in [-0.2, 0) is 6.54 Å². The first-order valence-electron chi connectivity index (χ1n) is 6.97. The lowest BCUT2D eigenvalue weighted by molar-refractivity contribution is 0.314. The van der Waals surface area contributed by atoms with Crippen molar-refractivity contribution in [1.29, 1.82) is 0 Å². The predicted octanol–water partition coefficient (Wildman–Crippen LogP) is 3.06. The molecule has 0 aromatic heterocycles. The minimum Gasteiger partial charge on any atom is -0.496 e. The van der Waals surface area contributed by atoms with Gasteiger partial charge in [-0.2, -0.15) is 0 Å². The Labute approximate surface area is 124 Å². The highest BCUT2D eigenvalue weighted by Gasteiger charge is 2.17. The fraction of sp³-hybridized carbons (Fsp3) is 0.600. The Morgan fingerprint density at radius 1 is 1.32 bits per heavy atom. The third kappa shape index (κ3) is 4.48. The minimum absolute atomic E-state index is 0.439. The Morgan fingerprint density at radius 2 is 2.05 bits per heavy atom. The summed E-state index contributed by atoms with van der Waals surface area (Å²) in [5.74, 6) is 1.67. The number of nitrogens with one attached hydrogen (secondary N) is 1. The molecule has 0 aliphatic heterocycles. The molecule has 19 heavy (non-hydrogen) atoms. The average Bonchev–Trinajstić information content (AvgIpc) is 2.41. The van der Waals surface area contributed by atoms with Crippen molar-refractivity contribution in [3.63, 3.8) is 0 Å². The van der Waals surface area contributed by atoms with Crippen LogP contribution < -0.4 is 15.8 Å². The van der Waals surface area contributed by atoms with E-state index < -0.39 is 0 Å². The summed E-state index contributed by atoms with van der Waals surface area (Å²) in [4.78, 5) is 0. The predicted molar refractivity (Wildman–Crippen MR) is 82.3 cm³/mol. The van der Waals surface area contributed by atoms with E-state index in [1.807, 2.05) is 6.07 Å². The molecule has 0 atom stereocenters. The van der Waals surface area contributed by atoms with Gasteiger partial charge in [0.15, 0.2) is 0 Å². The van der Waals surface area contributed by atoms with E-state index >= 15 is 0 Å². The van der Waals surface area contributed by atoms with Crippen LogP contribution in [0.2, 0.25) is 0 Å². The van der Waals surface area contributed by atoms with Gasteiger partial charge in [-0.1, -0.05) is 6.07 Å². The number of halogens is 1. The minimum atomic E-state index is 0.439. The molecule has 1 aliphatic carbocycles. The zero-order valence-electron chi connectivity index (χ0n) is 11.5. The van der Waals surface area contributed by atoms with E-state index in [1.165, 1.54) is 31.2 Å². The van der Waals surface area contributed by atoms with Gasteiger partial charge < -0.3 is 15.8 Å². The Morgan fingerprint density at radius 3 is 2.68 bits per heavy atom. The second-order valence-electron chi connectivity index (χ2n) is 5.38. The lowest BCUT2D eigenvalue weighted by Gasteiger charge is -2.26. The van der Waals surface area contributed by atoms with Gasteiger partial charge in [-0.3, -0.25) is 0 Å². The van der Waals surface area contributed by atoms with Gasteiger partial charge in [-0.15, -0.1) is 0 Å². The molecule has 1 aromatic carbocycles. The summed E-state index contributed by atoms with van der Waals surface area (Å²) in [6, 6.07) is 6.66. The third-order valence-corrected chi connectivity index (χ3v) is 4.49. The zero-order chi connectivity index (χ0) is 13.7. The summed E-state index contributed by atoms with van der Waals surface area (Å²) in [6.45, 7) is 2.00. The average molecular weight is 327 g/mol. The number of nitrogens with two attached hydrogens (primary N) is 1. The SMILES string of the molecule is COc1ccc(CNCC2CCC(N)CC2)cc1Br. The number of ether oxygens (including phenoxy) is 1. The molecule has 0 saturated heterocycles. The number of benzene rings is 1. The molecule has 4 heteroatoms. The topological polar surface area (TPSA) is 47.3 Å². The fourth-order valence-corrected chi connectivity index (χ4v) is 3.22. The highest BCUT2D eigenvalue weighted by Crippen LogP contribution is 2.26. The van der Waals surface area contributed by atoms with E-state index in [2.05, 4.69) is 33.4 Å². The van der Waals surface area contributed by atoms with Crippen LogP contribution in [0.4, 0.5) is 0 Å². The van der Waals surface area contributed by atoms with E-state index in [4.69, 9.17) is 10.5 Å². The second-order valence-corrected chi connectivity index (χ2v) is 6.23. The molecule has 1 aromatic rings. The van der Waals surface area contributed by atoms with Crippen molar-refractivity contribution in [2.75, 3.05) is 13.7 Å². The summed E-state index contributed by atoms with van der Waals surface area (Å²) in [7, 11) is 1.69. The smallest absolute Gasteiger partial charge is 0.133 e. The Balaban J connectivity index is 1.75. The zero-order valence-corrected chi connectivity index (χ0v) is 13.1. The summed E-state index contributed by atoms with van der Waals surface area (Å²) in [5, 5.41) is 3.55. The molecule has 106 valence electrons. The van der Waals surface area contributed by atoms with Crippen molar-refractivity contribution in [3.8, 4) is 5.75 Å². The summed E-state index contributed by atoms with van der Waals surface area (Å²) in [5.41, 5.74) is 7.20. The van der Waals surface area contributed by atoms with Gasteiger partial charge in [0.1, 0.15) is 5.75 Å². The van der Waals surface area contributed by atoms with Gasteiger partial charge in [0.2, 0.25) is 0 Å². The van der Waals surface area contributed by atoms with Gasteiger partial charge in [0, 0.05) is 12.6 Å². The van der Waals surface area contributed by atoms with E-state index in [0.717, 1.165) is 29.2 Å². The quantitative estimate of drug-likeness (QED) is 0.874. The molecule has 0 amide bonds. The fourth-order valence-electron chi connectivity index (χ4n) is 2.63. The van der Waals surface area contributed by atoms with Gasteiger partial charge >= 0.3 is 0 Å². The van der Waals surface area contributed by atoms with Crippen LogP contribution in [0.25, 0.3) is 0 Å². The van der Waals surface area contributed by atoms with E-state index in [1.54, 1.807) is 7.11 Å². The van der Waals surface area contributed by atoms with Crippen LogP contribution >= 0.6 is 15.9 Å². The van der Waals surface area contributed by atoms with E-state index in [9.17, 15) is 0 Å². The number of hydrogen-bond donors (Lipinski definition) is 2. The van der Waals surface area contributed by atoms with E-state index in [-0.39, 0.29) is 0 Å². The number of hydrogen-bond acceptors (Lipinski definition) is 3. The van der Waals surface area contributed by atoms with Crippen LogP contribution in [0.15, 0.2) is 22.7 Å². The molecular weight excluding hydrogens is 304 g/mol. The number of rotatable bonds is 5. The van der Waals surface area contributed by atoms with Crippen molar-refractivity contribution in [1.82, 2.24) is 5.32 Å². The highest BCUT2D eigenvalue weighted by atomic mass is 79.9. The standard InChI is InChI=1S/C15H23BrN2O/c1-19-15-7-4-12(8-14(15)16)10-18-9-11-2-5-13(17)6-3-11/h4,7-8,11,13,18H,2-3,5-6,9-10,17H2,1H3. The molecule has 0 bridgehead atoms. The van der Waals surface area contributed by atoms with E-state index in [0.29, 0.717) is 6.04 Å². The van der Waals surface area contributed by atoms with Crippen molar-refractivity contribution in [3.05, 3.63) is 28.2 Å². The summed E-state index contributed by atoms with van der Waals surface area (Å²) < 4.78 is 6.24. The monoisotopic (exact) mass is 326 g/mol. The molecule has 3 nitrogen and oxygen atoms in total. The van der Waals surface area contributed by atoms with Crippen molar-refractivity contribution >= 4 is 15.9 Å². The van der Waals surface area contributed by atoms with Crippen LogP contribution in [0.1, 0.15) is 31.2 Å². The molecular formula is C15H23BrN2O. The first kappa shape index (κ1) is 14.8. The van der Waals surface area contributed by atoms with Crippen LogP contribution in [-0.4, -0.2) is 19.7 Å². The molecule has 2 rings (SSSR count). The van der Waals surface area contributed by atoms with Crippen molar-refractivity contribution in [2.45, 2.75) is 38.3 Å². The van der Waals surface area contributed by atoms with Crippen LogP contribution in [0.5, 0.6) is 5.75 Å². The van der Waals surface area contributed by atoms with Gasteiger partial charge in [-0.25, -0.2) is 0 Å². The lowest BCUT2D eigenvalue weighted by Crippen LogP contribution is -2.31. The normalized spacial score (nSPS) is 23.3. The Kier molecular flexibility index (Phi) is 5.67. The lowest BCUT2D eigenvalue weighted by atomic mass is 9.86. The maximum absolute atomic E-state index is 5.92. The molecule has 0 spiro atoms. The summed E-state index contributed by atoms with van der Waals surface area (Å²) in [6.07, 6.45) is 4.89. The van der Waals surface area contributed by atoms with Crippen LogP contribution in [0, 0.1) is 5.92 Å². The molecule has 1 aliphatic rings. The van der Waals surface area contributed by atoms with Crippen LogP contribution in [0.3, 0.4) is 0 Å². The number of methoxy groups -OCH3 is 1. The maximum Gasteiger partial charge on any atom is 0.133 e. The third-order valence-electron chi connectivity index (χ3n) is 3.87. The summed E-state index contributed by atoms with van der Waals surface area (Å²) >= 11 is 3.52. The second kappa shape index (κ2) is 7.27. The largest absolute Gasteiger partial charge is 0.496 e. The maximum atomic E-state index is 5.92. The van der Waals surface area contributed by atoms with Gasteiger partial charge in [0.05, 0.1) is 11.6 Å². The Hall–Kier alpha value is -0.580. The first-order chi connectivity index (χ1) is 9.19. The molecule has 0 unspecified atom stereocenters. The Bertz CT molecular complexity index is 403. The molecule has 1 saturated carbocycles. The first-order valence-corrected chi connectivity index (χ1v) is 7.77. The molecule has 0 heterocycles.